The zero-order valence-electron chi connectivity index (χ0n) is 17.6. The van der Waals surface area contributed by atoms with Gasteiger partial charge < -0.3 is 25.0 Å². The Morgan fingerprint density at radius 3 is 2.00 bits per heavy atom. The minimum absolute atomic E-state index is 0.0617. The number of benzene rings is 2. The number of anilines is 2. The molecule has 7 heteroatoms. The summed E-state index contributed by atoms with van der Waals surface area (Å²) in [5.41, 5.74) is 1.53. The van der Waals surface area contributed by atoms with Gasteiger partial charge in [0.25, 0.3) is 11.8 Å². The van der Waals surface area contributed by atoms with Crippen molar-refractivity contribution in [1.82, 2.24) is 0 Å². The van der Waals surface area contributed by atoms with Gasteiger partial charge in [0, 0.05) is 17.7 Å². The summed E-state index contributed by atoms with van der Waals surface area (Å²) in [4.78, 5) is 26.4. The summed E-state index contributed by atoms with van der Waals surface area (Å²) in [6.45, 7) is 2.48. The quantitative estimate of drug-likeness (QED) is 0.652. The van der Waals surface area contributed by atoms with Crippen LogP contribution < -0.4 is 25.0 Å². The molecule has 1 aliphatic rings. The lowest BCUT2D eigenvalue weighted by molar-refractivity contribution is -0.890. The maximum atomic E-state index is 12.6. The molecule has 0 atom stereocenters. The lowest BCUT2D eigenvalue weighted by Gasteiger charge is -2.18. The summed E-state index contributed by atoms with van der Waals surface area (Å²) >= 11 is 0. The molecular weight excluding hydrogens is 382 g/mol. The van der Waals surface area contributed by atoms with E-state index >= 15 is 0 Å². The topological polar surface area (TPSA) is 81.1 Å². The molecule has 1 saturated heterocycles. The molecular formula is C23H30N3O4+. The average Bonchev–Trinajstić information content (AvgIpc) is 3.03. The molecule has 1 aliphatic heterocycles. The van der Waals surface area contributed by atoms with Crippen LogP contribution in [-0.2, 0) is 4.79 Å². The van der Waals surface area contributed by atoms with Gasteiger partial charge in [0.1, 0.15) is 11.5 Å². The van der Waals surface area contributed by atoms with Gasteiger partial charge in [-0.1, -0.05) is 18.2 Å². The van der Waals surface area contributed by atoms with Crippen molar-refractivity contribution >= 4 is 23.2 Å². The first-order valence-electron chi connectivity index (χ1n) is 10.4. The number of nitrogens with one attached hydrogen (secondary N) is 3. The van der Waals surface area contributed by atoms with Crippen LogP contribution in [0.25, 0.3) is 0 Å². The monoisotopic (exact) mass is 412 g/mol. The highest BCUT2D eigenvalue weighted by molar-refractivity contribution is 6.05. The van der Waals surface area contributed by atoms with Crippen molar-refractivity contribution in [3.63, 3.8) is 0 Å². The lowest BCUT2D eigenvalue weighted by atomic mass is 10.2. The molecule has 7 nitrogen and oxygen atoms in total. The van der Waals surface area contributed by atoms with Crippen LogP contribution in [0.2, 0.25) is 0 Å². The van der Waals surface area contributed by atoms with E-state index in [4.69, 9.17) is 9.47 Å². The number of methoxy groups -OCH3 is 2. The van der Waals surface area contributed by atoms with E-state index in [1.54, 1.807) is 36.4 Å². The molecule has 0 aliphatic carbocycles. The number of ether oxygens (including phenoxy) is 2. The summed E-state index contributed by atoms with van der Waals surface area (Å²) in [5, 5.41) is 5.78. The van der Waals surface area contributed by atoms with Crippen molar-refractivity contribution in [3.05, 3.63) is 48.0 Å². The van der Waals surface area contributed by atoms with Gasteiger partial charge in [-0.25, -0.2) is 0 Å². The normalized spacial score (nSPS) is 14.5. The maximum absolute atomic E-state index is 12.6. The molecule has 2 aromatic carbocycles. The molecule has 30 heavy (non-hydrogen) atoms. The van der Waals surface area contributed by atoms with Crippen molar-refractivity contribution in [2.45, 2.75) is 25.7 Å². The van der Waals surface area contributed by atoms with Gasteiger partial charge >= 0.3 is 0 Å². The Bertz CT molecular complexity index is 862. The summed E-state index contributed by atoms with van der Waals surface area (Å²) in [6.07, 6.45) is 4.81. The third-order valence-corrected chi connectivity index (χ3v) is 5.30. The molecule has 1 heterocycles. The number of rotatable bonds is 7. The highest BCUT2D eigenvalue weighted by Crippen LogP contribution is 2.36. The van der Waals surface area contributed by atoms with Crippen LogP contribution in [0.1, 0.15) is 36.0 Å². The second kappa shape index (κ2) is 10.6. The molecule has 3 N–H and O–H groups in total. The maximum Gasteiger partial charge on any atom is 0.279 e. The van der Waals surface area contributed by atoms with Gasteiger partial charge in [-0.15, -0.1) is 0 Å². The number of quaternary nitrogens is 1. The molecule has 1 fully saturated rings. The van der Waals surface area contributed by atoms with E-state index < -0.39 is 0 Å². The van der Waals surface area contributed by atoms with Gasteiger partial charge in [0.15, 0.2) is 6.54 Å². The van der Waals surface area contributed by atoms with Gasteiger partial charge in [0.2, 0.25) is 0 Å². The Kier molecular flexibility index (Phi) is 7.68. The van der Waals surface area contributed by atoms with Gasteiger partial charge in [-0.05, 0) is 37.8 Å². The summed E-state index contributed by atoms with van der Waals surface area (Å²) < 4.78 is 10.9. The standard InChI is InChI=1S/C23H29N3O4/c1-29-20-15-19(25-23(28)17-10-6-5-7-11-17)21(30-2)14-18(20)24-22(27)16-26-12-8-3-4-9-13-26/h5-7,10-11,14-15H,3-4,8-9,12-13,16H2,1-2H3,(H,24,27)(H,25,28)/p+1. The van der Waals surface area contributed by atoms with E-state index in [0.29, 0.717) is 35.0 Å². The summed E-state index contributed by atoms with van der Waals surface area (Å²) in [6, 6.07) is 12.3. The molecule has 2 amide bonds. The van der Waals surface area contributed by atoms with Crippen LogP contribution in [0.3, 0.4) is 0 Å². The first-order valence-corrected chi connectivity index (χ1v) is 10.4. The largest absolute Gasteiger partial charge is 0.494 e. The van der Waals surface area contributed by atoms with Crippen LogP contribution in [0.15, 0.2) is 42.5 Å². The molecule has 0 radical (unpaired) electrons. The molecule has 0 spiro atoms. The molecule has 0 unspecified atom stereocenters. The Morgan fingerprint density at radius 1 is 0.867 bits per heavy atom. The van der Waals surface area contributed by atoms with Crippen molar-refractivity contribution in [2.75, 3.05) is 44.5 Å². The Hall–Kier alpha value is -3.06. The SMILES string of the molecule is COc1cc(NC(=O)c2ccccc2)c(OC)cc1NC(=O)C[NH+]1CCCCCC1. The molecule has 3 rings (SSSR count). The van der Waals surface area contributed by atoms with E-state index in [1.165, 1.54) is 32.0 Å². The second-order valence-electron chi connectivity index (χ2n) is 7.46. The fourth-order valence-electron chi connectivity index (χ4n) is 3.70. The average molecular weight is 413 g/mol. The van der Waals surface area contributed by atoms with Crippen molar-refractivity contribution in [3.8, 4) is 11.5 Å². The van der Waals surface area contributed by atoms with Gasteiger partial charge in [-0.3, -0.25) is 9.59 Å². The minimum atomic E-state index is -0.252. The van der Waals surface area contributed by atoms with E-state index in [1.807, 2.05) is 6.07 Å². The molecule has 0 bridgehead atoms. The first-order chi connectivity index (χ1) is 14.6. The summed E-state index contributed by atoms with van der Waals surface area (Å²) in [5.74, 6) is 0.585. The number of hydrogen-bond acceptors (Lipinski definition) is 4. The predicted octanol–water partition coefficient (Wildman–Crippen LogP) is 2.35. The van der Waals surface area contributed by atoms with Crippen LogP contribution >= 0.6 is 0 Å². The Labute approximate surface area is 177 Å². The zero-order chi connectivity index (χ0) is 21.3. The Morgan fingerprint density at radius 2 is 1.43 bits per heavy atom. The van der Waals surface area contributed by atoms with Crippen molar-refractivity contribution < 1.29 is 24.0 Å². The smallest absolute Gasteiger partial charge is 0.279 e. The number of carbonyl (C=O) groups is 2. The molecule has 0 saturated carbocycles. The van der Waals surface area contributed by atoms with Crippen LogP contribution in [0, 0.1) is 0 Å². The lowest BCUT2D eigenvalue weighted by Crippen LogP contribution is -3.12. The molecule has 160 valence electrons. The predicted molar refractivity (Wildman–Crippen MR) is 117 cm³/mol. The van der Waals surface area contributed by atoms with E-state index in [2.05, 4.69) is 10.6 Å². The van der Waals surface area contributed by atoms with Crippen molar-refractivity contribution in [1.29, 1.82) is 0 Å². The van der Waals surface area contributed by atoms with E-state index in [-0.39, 0.29) is 11.8 Å². The number of hydrogen-bond donors (Lipinski definition) is 3. The van der Waals surface area contributed by atoms with Crippen LogP contribution in [0.5, 0.6) is 11.5 Å². The highest BCUT2D eigenvalue weighted by Gasteiger charge is 2.19. The number of carbonyl (C=O) groups excluding carboxylic acids is 2. The van der Waals surface area contributed by atoms with Crippen molar-refractivity contribution in [2.24, 2.45) is 0 Å². The zero-order valence-corrected chi connectivity index (χ0v) is 17.6. The molecule has 0 aromatic heterocycles. The van der Waals surface area contributed by atoms with Gasteiger partial charge in [0.05, 0.1) is 38.7 Å². The summed E-state index contributed by atoms with van der Waals surface area (Å²) in [7, 11) is 3.05. The van der Waals surface area contributed by atoms with E-state index in [0.717, 1.165) is 25.9 Å². The fourth-order valence-corrected chi connectivity index (χ4v) is 3.70. The highest BCUT2D eigenvalue weighted by atomic mass is 16.5. The molecule has 2 aromatic rings. The number of amides is 2. The Balaban J connectivity index is 1.73. The fraction of sp³-hybridized carbons (Fsp3) is 0.391. The number of likely N-dealkylation sites (tertiary alicyclic amines) is 1. The minimum Gasteiger partial charge on any atom is -0.494 e. The third kappa shape index (κ3) is 5.73. The first kappa shape index (κ1) is 21.6. The third-order valence-electron chi connectivity index (χ3n) is 5.30. The van der Waals surface area contributed by atoms with Gasteiger partial charge in [-0.2, -0.15) is 0 Å². The van der Waals surface area contributed by atoms with Crippen LogP contribution in [0.4, 0.5) is 11.4 Å². The van der Waals surface area contributed by atoms with E-state index in [9.17, 15) is 9.59 Å². The van der Waals surface area contributed by atoms with Crippen LogP contribution in [-0.4, -0.2) is 45.7 Å². The second-order valence-corrected chi connectivity index (χ2v) is 7.46.